The van der Waals surface area contributed by atoms with Gasteiger partial charge < -0.3 is 19.6 Å². The lowest BCUT2D eigenvalue weighted by atomic mass is 9.81. The number of Topliss-reactive ketones (excluding diaryl/α,β-unsaturated/α-hetero) is 1. The number of rotatable bonds is 5. The van der Waals surface area contributed by atoms with E-state index in [0.717, 1.165) is 12.5 Å². The van der Waals surface area contributed by atoms with E-state index < -0.39 is 34.7 Å². The lowest BCUT2D eigenvalue weighted by Crippen LogP contribution is -2.53. The monoisotopic (exact) mass is 478 g/mol. The third-order valence-electron chi connectivity index (χ3n) is 7.11. The molecule has 0 bridgehead atoms. The average molecular weight is 479 g/mol. The van der Waals surface area contributed by atoms with Crippen molar-refractivity contribution in [1.82, 2.24) is 4.90 Å². The molecule has 5 rings (SSSR count). The van der Waals surface area contributed by atoms with Crippen molar-refractivity contribution < 1.29 is 28.6 Å². The zero-order valence-corrected chi connectivity index (χ0v) is 19.7. The van der Waals surface area contributed by atoms with Crippen LogP contribution in [0, 0.1) is 12.7 Å². The van der Waals surface area contributed by atoms with E-state index >= 15 is 0 Å². The molecule has 2 unspecified atom stereocenters. The first-order chi connectivity index (χ1) is 16.8. The van der Waals surface area contributed by atoms with Gasteiger partial charge in [0.1, 0.15) is 11.6 Å². The second-order valence-corrected chi connectivity index (χ2v) is 9.25. The number of hydrogen-bond acceptors (Lipinski definition) is 5. The summed E-state index contributed by atoms with van der Waals surface area (Å²) in [5.74, 6) is -3.47. The van der Waals surface area contributed by atoms with Gasteiger partial charge in [-0.25, -0.2) is 4.39 Å². The zero-order chi connectivity index (χ0) is 24.9. The lowest BCUT2D eigenvalue weighted by Gasteiger charge is -2.35. The van der Waals surface area contributed by atoms with Crippen LogP contribution in [-0.4, -0.2) is 53.4 Å². The van der Waals surface area contributed by atoms with Crippen LogP contribution in [0.25, 0.3) is 5.76 Å². The van der Waals surface area contributed by atoms with Crippen LogP contribution in [0.5, 0.6) is 0 Å². The number of carbonyl (C=O) groups excluding carboxylic acids is 3. The second kappa shape index (κ2) is 8.61. The fraction of sp³-hybridized carbons (Fsp3) is 0.370. The Labute approximate surface area is 202 Å². The van der Waals surface area contributed by atoms with Crippen molar-refractivity contribution in [3.8, 4) is 0 Å². The Morgan fingerprint density at radius 3 is 2.66 bits per heavy atom. The molecule has 2 atom stereocenters. The molecule has 0 saturated carbocycles. The van der Waals surface area contributed by atoms with E-state index in [0.29, 0.717) is 42.8 Å². The molecule has 182 valence electrons. The average Bonchev–Trinajstić information content (AvgIpc) is 3.51. The van der Waals surface area contributed by atoms with Gasteiger partial charge in [0, 0.05) is 30.8 Å². The molecule has 0 aliphatic carbocycles. The molecule has 3 aliphatic heterocycles. The van der Waals surface area contributed by atoms with E-state index in [1.165, 1.54) is 17.0 Å². The zero-order valence-electron chi connectivity index (χ0n) is 19.7. The van der Waals surface area contributed by atoms with Crippen LogP contribution >= 0.6 is 0 Å². The SMILES string of the molecule is CCCN1C(=O)C2(C(=C(O)c3ccc(C)c(F)c3)C(=O)C(=O)N2CC2CCCO2)c2ccccc21. The molecule has 2 aromatic carbocycles. The third kappa shape index (κ3) is 3.31. The van der Waals surface area contributed by atoms with Crippen molar-refractivity contribution in [2.45, 2.75) is 44.8 Å². The summed E-state index contributed by atoms with van der Waals surface area (Å²) >= 11 is 0. The van der Waals surface area contributed by atoms with Gasteiger partial charge in [0.25, 0.3) is 17.6 Å². The first kappa shape index (κ1) is 23.2. The van der Waals surface area contributed by atoms with Crippen LogP contribution in [0.15, 0.2) is 48.0 Å². The number of fused-ring (bicyclic) bond motifs is 2. The number of amides is 2. The number of carbonyl (C=O) groups is 3. The van der Waals surface area contributed by atoms with Crippen molar-refractivity contribution in [1.29, 1.82) is 0 Å². The summed E-state index contributed by atoms with van der Waals surface area (Å²) in [7, 11) is 0. The van der Waals surface area contributed by atoms with Crippen molar-refractivity contribution in [2.75, 3.05) is 24.6 Å². The van der Waals surface area contributed by atoms with Crippen LogP contribution in [0.3, 0.4) is 0 Å². The van der Waals surface area contributed by atoms with Gasteiger partial charge in [-0.3, -0.25) is 14.4 Å². The molecule has 2 amide bonds. The molecule has 35 heavy (non-hydrogen) atoms. The molecule has 2 saturated heterocycles. The number of ketones is 1. The smallest absolute Gasteiger partial charge is 0.296 e. The van der Waals surface area contributed by atoms with E-state index in [4.69, 9.17) is 4.74 Å². The highest BCUT2D eigenvalue weighted by Crippen LogP contribution is 2.53. The van der Waals surface area contributed by atoms with Gasteiger partial charge in [0.05, 0.1) is 17.4 Å². The Hall–Kier alpha value is -3.52. The van der Waals surface area contributed by atoms with Crippen LogP contribution in [0.1, 0.15) is 42.9 Å². The Balaban J connectivity index is 1.80. The van der Waals surface area contributed by atoms with E-state index in [1.807, 2.05) is 6.92 Å². The molecule has 2 aromatic rings. The summed E-state index contributed by atoms with van der Waals surface area (Å²) in [6, 6.07) is 11.1. The molecule has 8 heteroatoms. The first-order valence-electron chi connectivity index (χ1n) is 11.9. The minimum atomic E-state index is -1.85. The molecule has 0 aromatic heterocycles. The molecule has 7 nitrogen and oxygen atoms in total. The topological polar surface area (TPSA) is 87.2 Å². The van der Waals surface area contributed by atoms with E-state index in [9.17, 15) is 23.9 Å². The van der Waals surface area contributed by atoms with Gasteiger partial charge in [0.15, 0.2) is 5.54 Å². The molecule has 3 aliphatic rings. The summed E-state index contributed by atoms with van der Waals surface area (Å²) < 4.78 is 20.2. The number of benzene rings is 2. The van der Waals surface area contributed by atoms with Gasteiger partial charge in [-0.1, -0.05) is 37.3 Å². The predicted molar refractivity (Wildman–Crippen MR) is 127 cm³/mol. The number of likely N-dealkylation sites (tertiary alicyclic amines) is 1. The summed E-state index contributed by atoms with van der Waals surface area (Å²) in [5, 5.41) is 11.4. The molecular weight excluding hydrogens is 451 g/mol. The summed E-state index contributed by atoms with van der Waals surface area (Å²) in [6.07, 6.45) is 1.83. The van der Waals surface area contributed by atoms with Crippen LogP contribution in [0.4, 0.5) is 10.1 Å². The van der Waals surface area contributed by atoms with E-state index in [1.54, 1.807) is 36.1 Å². The second-order valence-electron chi connectivity index (χ2n) is 9.25. The summed E-state index contributed by atoms with van der Waals surface area (Å²) in [4.78, 5) is 44.1. The number of aliphatic hydroxyl groups is 1. The number of anilines is 1. The highest BCUT2D eigenvalue weighted by atomic mass is 19.1. The van der Waals surface area contributed by atoms with Crippen molar-refractivity contribution in [3.05, 3.63) is 70.5 Å². The first-order valence-corrected chi connectivity index (χ1v) is 11.9. The molecular formula is C27H27FN2O5. The minimum absolute atomic E-state index is 0.0295. The van der Waals surface area contributed by atoms with Crippen molar-refractivity contribution in [2.24, 2.45) is 0 Å². The standard InChI is InChI=1S/C27H27FN2O5/c1-3-12-29-21-9-5-4-8-19(21)27(26(29)34)22(23(31)17-11-10-16(2)20(28)14-17)24(32)25(33)30(27)15-18-7-6-13-35-18/h4-5,8-11,14,18,31H,3,6-7,12-13,15H2,1-2H3. The number of ether oxygens (including phenoxy) is 1. The van der Waals surface area contributed by atoms with Gasteiger partial charge >= 0.3 is 0 Å². The molecule has 2 fully saturated rings. The number of nitrogens with zero attached hydrogens (tertiary/aromatic N) is 2. The normalized spacial score (nSPS) is 25.2. The maximum absolute atomic E-state index is 14.4. The summed E-state index contributed by atoms with van der Waals surface area (Å²) in [5.41, 5.74) is -0.755. The lowest BCUT2D eigenvalue weighted by molar-refractivity contribution is -0.145. The minimum Gasteiger partial charge on any atom is -0.507 e. The fourth-order valence-corrected chi connectivity index (χ4v) is 5.44. The predicted octanol–water partition coefficient (Wildman–Crippen LogP) is 3.65. The third-order valence-corrected chi connectivity index (χ3v) is 7.11. The molecule has 1 N–H and O–H groups in total. The highest BCUT2D eigenvalue weighted by molar-refractivity contribution is 6.50. The Bertz CT molecular complexity index is 1270. The maximum atomic E-state index is 14.4. The molecule has 1 spiro atoms. The largest absolute Gasteiger partial charge is 0.507 e. The number of para-hydroxylation sites is 1. The number of aliphatic hydroxyl groups excluding tert-OH is 1. The fourth-order valence-electron chi connectivity index (χ4n) is 5.44. The van der Waals surface area contributed by atoms with Gasteiger partial charge in [-0.05, 0) is 43.9 Å². The number of halogens is 1. The van der Waals surface area contributed by atoms with Crippen molar-refractivity contribution in [3.63, 3.8) is 0 Å². The van der Waals surface area contributed by atoms with Crippen LogP contribution in [0.2, 0.25) is 0 Å². The van der Waals surface area contributed by atoms with Gasteiger partial charge in [0.2, 0.25) is 0 Å². The van der Waals surface area contributed by atoms with Crippen LogP contribution < -0.4 is 4.90 Å². The Morgan fingerprint density at radius 2 is 1.97 bits per heavy atom. The highest BCUT2D eigenvalue weighted by Gasteiger charge is 2.67. The number of hydrogen-bond donors (Lipinski definition) is 1. The quantitative estimate of drug-likeness (QED) is 0.403. The van der Waals surface area contributed by atoms with Gasteiger partial charge in [-0.15, -0.1) is 0 Å². The van der Waals surface area contributed by atoms with Gasteiger partial charge in [-0.2, -0.15) is 0 Å². The maximum Gasteiger partial charge on any atom is 0.296 e. The van der Waals surface area contributed by atoms with Crippen LogP contribution in [-0.2, 0) is 24.7 Å². The number of aryl methyl sites for hydroxylation is 1. The van der Waals surface area contributed by atoms with Crippen molar-refractivity contribution >= 4 is 29.0 Å². The Morgan fingerprint density at radius 1 is 1.20 bits per heavy atom. The molecule has 3 heterocycles. The van der Waals surface area contributed by atoms with E-state index in [-0.39, 0.29) is 23.8 Å². The summed E-state index contributed by atoms with van der Waals surface area (Å²) in [6.45, 7) is 4.46. The Kier molecular flexibility index (Phi) is 5.71. The van der Waals surface area contributed by atoms with E-state index in [2.05, 4.69) is 0 Å². The molecule has 0 radical (unpaired) electrons.